The van der Waals surface area contributed by atoms with Crippen LogP contribution in [0.25, 0.3) is 6.08 Å². The van der Waals surface area contributed by atoms with Crippen molar-refractivity contribution < 1.29 is 23.7 Å². The van der Waals surface area contributed by atoms with Gasteiger partial charge in [0.25, 0.3) is 0 Å². The summed E-state index contributed by atoms with van der Waals surface area (Å²) in [6, 6.07) is 9.86. The SMILES string of the molecule is COc1ccc(C=CC2CCC=CC2c2cc(OC)c(OC)cc2OC)cc1OC. The van der Waals surface area contributed by atoms with Gasteiger partial charge in [-0.2, -0.15) is 0 Å². The smallest absolute Gasteiger partial charge is 0.164 e. The van der Waals surface area contributed by atoms with Crippen molar-refractivity contribution in [1.29, 1.82) is 0 Å². The monoisotopic (exact) mass is 410 g/mol. The van der Waals surface area contributed by atoms with Crippen LogP contribution in [0, 0.1) is 5.92 Å². The molecule has 0 heterocycles. The molecule has 1 aliphatic rings. The average molecular weight is 411 g/mol. The predicted molar refractivity (Wildman–Crippen MR) is 119 cm³/mol. The number of methoxy groups -OCH3 is 5. The molecule has 5 heteroatoms. The number of ether oxygens (including phenoxy) is 5. The summed E-state index contributed by atoms with van der Waals surface area (Å²) < 4.78 is 27.4. The molecule has 5 nitrogen and oxygen atoms in total. The van der Waals surface area contributed by atoms with E-state index in [0.717, 1.165) is 41.2 Å². The summed E-state index contributed by atoms with van der Waals surface area (Å²) in [5, 5.41) is 0. The van der Waals surface area contributed by atoms with E-state index < -0.39 is 0 Å². The molecule has 0 spiro atoms. The van der Waals surface area contributed by atoms with Gasteiger partial charge in [0.15, 0.2) is 23.0 Å². The number of hydrogen-bond acceptors (Lipinski definition) is 5. The van der Waals surface area contributed by atoms with Crippen molar-refractivity contribution in [2.75, 3.05) is 35.5 Å². The molecule has 0 aliphatic heterocycles. The molecule has 0 amide bonds. The lowest BCUT2D eigenvalue weighted by atomic mass is 9.78. The Labute approximate surface area is 178 Å². The third-order valence-electron chi connectivity index (χ3n) is 5.51. The minimum atomic E-state index is 0.185. The molecule has 3 rings (SSSR count). The van der Waals surface area contributed by atoms with Crippen LogP contribution in [-0.4, -0.2) is 35.5 Å². The molecule has 0 bridgehead atoms. The van der Waals surface area contributed by atoms with Crippen LogP contribution in [0.2, 0.25) is 0 Å². The van der Waals surface area contributed by atoms with Gasteiger partial charge in [-0.15, -0.1) is 0 Å². The standard InChI is InChI=1S/C25H30O5/c1-26-21-13-11-17(14-23(21)28-3)10-12-18-8-6-7-9-19(18)20-15-24(29-4)25(30-5)16-22(20)27-2/h7,9-16,18-19H,6,8H2,1-5H3. The summed E-state index contributed by atoms with van der Waals surface area (Å²) in [4.78, 5) is 0. The number of hydrogen-bond donors (Lipinski definition) is 0. The Morgan fingerprint density at radius 3 is 2.03 bits per heavy atom. The summed E-state index contributed by atoms with van der Waals surface area (Å²) in [5.74, 6) is 4.13. The zero-order valence-corrected chi connectivity index (χ0v) is 18.3. The first kappa shape index (κ1) is 21.6. The van der Waals surface area contributed by atoms with Gasteiger partial charge < -0.3 is 23.7 Å². The predicted octanol–water partition coefficient (Wildman–Crippen LogP) is 5.49. The van der Waals surface area contributed by atoms with Crippen LogP contribution < -0.4 is 23.7 Å². The molecular formula is C25H30O5. The first-order valence-electron chi connectivity index (χ1n) is 10.0. The van der Waals surface area contributed by atoms with Crippen molar-refractivity contribution >= 4 is 6.08 Å². The first-order valence-corrected chi connectivity index (χ1v) is 10.0. The highest BCUT2D eigenvalue weighted by atomic mass is 16.5. The summed E-state index contributed by atoms with van der Waals surface area (Å²) in [6.07, 6.45) is 11.0. The Morgan fingerprint density at radius 1 is 0.733 bits per heavy atom. The number of allylic oxidation sites excluding steroid dienone is 3. The summed E-state index contributed by atoms with van der Waals surface area (Å²) in [5.41, 5.74) is 2.16. The maximum atomic E-state index is 5.68. The van der Waals surface area contributed by atoms with E-state index in [1.165, 1.54) is 0 Å². The van der Waals surface area contributed by atoms with Crippen molar-refractivity contribution in [3.63, 3.8) is 0 Å². The molecule has 30 heavy (non-hydrogen) atoms. The highest BCUT2D eigenvalue weighted by molar-refractivity contribution is 5.57. The Morgan fingerprint density at radius 2 is 1.37 bits per heavy atom. The highest BCUT2D eigenvalue weighted by Crippen LogP contribution is 2.44. The van der Waals surface area contributed by atoms with Crippen LogP contribution in [0.5, 0.6) is 28.7 Å². The van der Waals surface area contributed by atoms with Crippen LogP contribution in [-0.2, 0) is 0 Å². The van der Waals surface area contributed by atoms with E-state index in [1.807, 2.05) is 30.3 Å². The molecule has 2 atom stereocenters. The maximum absolute atomic E-state index is 5.68. The minimum absolute atomic E-state index is 0.185. The zero-order chi connectivity index (χ0) is 21.5. The minimum Gasteiger partial charge on any atom is -0.496 e. The molecule has 2 aromatic carbocycles. The van der Waals surface area contributed by atoms with E-state index in [-0.39, 0.29) is 5.92 Å². The van der Waals surface area contributed by atoms with E-state index >= 15 is 0 Å². The van der Waals surface area contributed by atoms with Gasteiger partial charge in [-0.1, -0.05) is 30.4 Å². The molecular weight excluding hydrogens is 380 g/mol. The van der Waals surface area contributed by atoms with Crippen molar-refractivity contribution in [2.45, 2.75) is 18.8 Å². The topological polar surface area (TPSA) is 46.2 Å². The summed E-state index contributed by atoms with van der Waals surface area (Å²) in [7, 11) is 8.26. The number of rotatable bonds is 8. The second-order valence-corrected chi connectivity index (χ2v) is 7.12. The van der Waals surface area contributed by atoms with Crippen LogP contribution in [0.15, 0.2) is 48.6 Å². The second kappa shape index (κ2) is 10.1. The van der Waals surface area contributed by atoms with Gasteiger partial charge in [-0.25, -0.2) is 0 Å². The van der Waals surface area contributed by atoms with E-state index in [4.69, 9.17) is 23.7 Å². The Hall–Kier alpha value is -3.08. The summed E-state index contributed by atoms with van der Waals surface area (Å²) in [6.45, 7) is 0. The lowest BCUT2D eigenvalue weighted by Gasteiger charge is -2.27. The van der Waals surface area contributed by atoms with Gasteiger partial charge in [0, 0.05) is 17.5 Å². The van der Waals surface area contributed by atoms with Gasteiger partial charge >= 0.3 is 0 Å². The number of benzene rings is 2. The Kier molecular flexibility index (Phi) is 7.28. The van der Waals surface area contributed by atoms with E-state index in [2.05, 4.69) is 24.3 Å². The fourth-order valence-electron chi connectivity index (χ4n) is 3.91. The van der Waals surface area contributed by atoms with Crippen molar-refractivity contribution in [2.24, 2.45) is 5.92 Å². The van der Waals surface area contributed by atoms with E-state index in [9.17, 15) is 0 Å². The normalized spacial score (nSPS) is 18.3. The van der Waals surface area contributed by atoms with Crippen LogP contribution in [0.3, 0.4) is 0 Å². The molecule has 160 valence electrons. The largest absolute Gasteiger partial charge is 0.496 e. The van der Waals surface area contributed by atoms with Gasteiger partial charge in [-0.05, 0) is 42.5 Å². The molecule has 0 radical (unpaired) electrons. The lowest BCUT2D eigenvalue weighted by molar-refractivity contribution is 0.345. The molecule has 0 fully saturated rings. The third kappa shape index (κ3) is 4.56. The Bertz CT molecular complexity index is 916. The van der Waals surface area contributed by atoms with Crippen molar-refractivity contribution in [3.05, 3.63) is 59.7 Å². The van der Waals surface area contributed by atoms with Crippen LogP contribution in [0.4, 0.5) is 0 Å². The van der Waals surface area contributed by atoms with Gasteiger partial charge in [-0.3, -0.25) is 0 Å². The lowest BCUT2D eigenvalue weighted by Crippen LogP contribution is -2.13. The molecule has 0 saturated carbocycles. The average Bonchev–Trinajstić information content (AvgIpc) is 2.81. The van der Waals surface area contributed by atoms with Crippen molar-refractivity contribution in [1.82, 2.24) is 0 Å². The van der Waals surface area contributed by atoms with Gasteiger partial charge in [0.2, 0.25) is 0 Å². The Balaban J connectivity index is 1.93. The molecule has 1 aliphatic carbocycles. The molecule has 0 saturated heterocycles. The van der Waals surface area contributed by atoms with E-state index in [0.29, 0.717) is 17.4 Å². The molecule has 2 unspecified atom stereocenters. The highest BCUT2D eigenvalue weighted by Gasteiger charge is 2.26. The molecule has 2 aromatic rings. The quantitative estimate of drug-likeness (QED) is 0.538. The van der Waals surface area contributed by atoms with Gasteiger partial charge in [0.1, 0.15) is 5.75 Å². The first-order chi connectivity index (χ1) is 14.6. The van der Waals surface area contributed by atoms with Crippen LogP contribution in [0.1, 0.15) is 29.9 Å². The van der Waals surface area contributed by atoms with E-state index in [1.54, 1.807) is 35.5 Å². The molecule has 0 aromatic heterocycles. The second-order valence-electron chi connectivity index (χ2n) is 7.12. The van der Waals surface area contributed by atoms with Gasteiger partial charge in [0.05, 0.1) is 35.5 Å². The fourth-order valence-corrected chi connectivity index (χ4v) is 3.91. The van der Waals surface area contributed by atoms with Crippen molar-refractivity contribution in [3.8, 4) is 28.7 Å². The molecule has 0 N–H and O–H groups in total. The maximum Gasteiger partial charge on any atom is 0.164 e. The summed E-state index contributed by atoms with van der Waals surface area (Å²) >= 11 is 0. The van der Waals surface area contributed by atoms with Crippen LogP contribution >= 0.6 is 0 Å². The third-order valence-corrected chi connectivity index (χ3v) is 5.51. The zero-order valence-electron chi connectivity index (χ0n) is 18.3. The fraction of sp³-hybridized carbons (Fsp3) is 0.360.